The molecule has 2 amide bonds. The number of carbonyl (C=O) groups excluding carboxylic acids is 2. The molecule has 1 aliphatic rings. The van der Waals surface area contributed by atoms with Gasteiger partial charge in [0.15, 0.2) is 0 Å². The largest absolute Gasteiger partial charge is 0.382 e. The number of nitrogen functional groups attached to an aromatic ring is 1. The minimum Gasteiger partial charge on any atom is -0.382 e. The molecule has 0 saturated carbocycles. The number of piperidine rings is 1. The molecule has 4 heterocycles. The second kappa shape index (κ2) is 12.1. The quantitative estimate of drug-likeness (QED) is 0.202. The van der Waals surface area contributed by atoms with Gasteiger partial charge in [-0.1, -0.05) is 12.1 Å². The molecule has 226 valence electrons. The summed E-state index contributed by atoms with van der Waals surface area (Å²) in [5.41, 5.74) is 8.08. The Morgan fingerprint density at radius 3 is 2.60 bits per heavy atom. The van der Waals surface area contributed by atoms with Crippen LogP contribution in [0.1, 0.15) is 46.9 Å². The van der Waals surface area contributed by atoms with E-state index in [2.05, 4.69) is 15.3 Å². The Kier molecular flexibility index (Phi) is 8.65. The van der Waals surface area contributed by atoms with E-state index in [1.54, 1.807) is 41.6 Å². The molecule has 3 aromatic heterocycles. The number of aromatic nitrogens is 4. The number of likely N-dealkylation sites (tertiary alicyclic amines) is 1. The number of anilines is 2. The van der Waals surface area contributed by atoms with Gasteiger partial charge in [0.25, 0.3) is 5.91 Å². The smallest absolute Gasteiger partial charge is 0.321 e. The van der Waals surface area contributed by atoms with Gasteiger partial charge in [0.1, 0.15) is 38.5 Å². The van der Waals surface area contributed by atoms with E-state index < -0.39 is 19.7 Å². The number of carbonyl (C=O) groups is 2. The van der Waals surface area contributed by atoms with Crippen LogP contribution in [0.3, 0.4) is 0 Å². The van der Waals surface area contributed by atoms with E-state index in [-0.39, 0.29) is 46.8 Å². The Balaban J connectivity index is 1.39. The van der Waals surface area contributed by atoms with Gasteiger partial charge in [0.2, 0.25) is 5.91 Å². The van der Waals surface area contributed by atoms with E-state index in [1.807, 2.05) is 4.40 Å². The number of alkyl halides is 3. The lowest BCUT2D eigenvalue weighted by Crippen LogP contribution is -2.40. The fourth-order valence-electron chi connectivity index (χ4n) is 5.06. The Bertz CT molecular complexity index is 1790. The molecule has 1 atom stereocenters. The number of imidazole rings is 1. The van der Waals surface area contributed by atoms with Crippen LogP contribution in [0, 0.1) is 0 Å². The van der Waals surface area contributed by atoms with Crippen molar-refractivity contribution in [1.29, 1.82) is 0 Å². The fraction of sp³-hybridized carbons (Fsp3) is 0.321. The molecule has 0 bridgehead atoms. The Hall–Kier alpha value is -3.73. The number of nitrogens with one attached hydrogen (secondary N) is 1. The summed E-state index contributed by atoms with van der Waals surface area (Å²) in [5, 5.41) is 2.54. The van der Waals surface area contributed by atoms with Crippen molar-refractivity contribution in [3.63, 3.8) is 0 Å². The van der Waals surface area contributed by atoms with Gasteiger partial charge < -0.3 is 16.0 Å². The monoisotopic (exact) mass is 723 g/mol. The first-order valence-corrected chi connectivity index (χ1v) is 16.5. The molecule has 5 rings (SSSR count). The van der Waals surface area contributed by atoms with E-state index >= 15 is 0 Å². The average Bonchev–Trinajstić information content (AvgIpc) is 3.36. The van der Waals surface area contributed by atoms with Crippen LogP contribution in [0.4, 0.5) is 20.4 Å². The fourth-order valence-corrected chi connectivity index (χ4v) is 5.95. The van der Waals surface area contributed by atoms with Crippen molar-refractivity contribution in [3.05, 3.63) is 71.9 Å². The van der Waals surface area contributed by atoms with Gasteiger partial charge in [-0.25, -0.2) is 23.4 Å². The molecule has 1 unspecified atom stereocenters. The van der Waals surface area contributed by atoms with Crippen LogP contribution in [-0.2, 0) is 18.6 Å². The highest BCUT2D eigenvalue weighted by Crippen LogP contribution is 2.36. The molecule has 43 heavy (non-hydrogen) atoms. The predicted octanol–water partition coefficient (Wildman–Crippen LogP) is 4.25. The zero-order valence-corrected chi connectivity index (χ0v) is 26.0. The number of benzene rings is 1. The summed E-state index contributed by atoms with van der Waals surface area (Å²) in [5.74, 6) is -0.0992. The number of nitrogens with two attached hydrogens (primary N) is 1. The maximum Gasteiger partial charge on any atom is 0.321 e. The van der Waals surface area contributed by atoms with Crippen LogP contribution in [0.5, 0.6) is 0 Å². The van der Waals surface area contributed by atoms with Crippen LogP contribution in [0.15, 0.2) is 55.0 Å². The number of pyridine rings is 1. The lowest BCUT2D eigenvalue weighted by atomic mass is 9.97. The molecule has 1 aromatic carbocycles. The van der Waals surface area contributed by atoms with E-state index in [0.29, 0.717) is 35.7 Å². The van der Waals surface area contributed by atoms with Gasteiger partial charge in [-0.2, -0.15) is 8.78 Å². The second-order valence-corrected chi connectivity index (χ2v) is 14.0. The summed E-state index contributed by atoms with van der Waals surface area (Å²) < 4.78 is 49.2. The highest BCUT2D eigenvalue weighted by molar-refractivity contribution is 14.1. The number of hydrogen-bond acceptors (Lipinski definition) is 8. The number of amides is 2. The van der Waals surface area contributed by atoms with Crippen LogP contribution in [0.25, 0.3) is 16.8 Å². The summed E-state index contributed by atoms with van der Waals surface area (Å²) in [6, 6.07) is 8.89. The van der Waals surface area contributed by atoms with Crippen molar-refractivity contribution in [2.45, 2.75) is 29.1 Å². The lowest BCUT2D eigenvalue weighted by Gasteiger charge is -2.32. The van der Waals surface area contributed by atoms with Gasteiger partial charge in [-0.05, 0) is 37.1 Å². The molecule has 15 heteroatoms. The van der Waals surface area contributed by atoms with Gasteiger partial charge in [-0.15, -0.1) is 0 Å². The first-order valence-electron chi connectivity index (χ1n) is 13.3. The molecule has 1 fully saturated rings. The number of sulfone groups is 1. The van der Waals surface area contributed by atoms with E-state index in [4.69, 9.17) is 10.7 Å². The van der Waals surface area contributed by atoms with Crippen molar-refractivity contribution in [2.75, 3.05) is 36.1 Å². The topological polar surface area (TPSA) is 153 Å². The number of rotatable bonds is 8. The number of fused-ring (bicyclic) bond motifs is 1. The van der Waals surface area contributed by atoms with Crippen molar-refractivity contribution >= 4 is 61.4 Å². The van der Waals surface area contributed by atoms with Crippen LogP contribution in [0.2, 0.25) is 0 Å². The van der Waals surface area contributed by atoms with Crippen molar-refractivity contribution in [2.24, 2.45) is 0 Å². The van der Waals surface area contributed by atoms with Crippen LogP contribution < -0.4 is 11.1 Å². The van der Waals surface area contributed by atoms with E-state index in [0.717, 1.165) is 47.8 Å². The molecule has 11 nitrogen and oxygen atoms in total. The number of nitrogens with zero attached hydrogens (tertiary/aromatic N) is 5. The SMILES string of the molecule is CS(=O)(=O)CCC(=O)N1CCCC(c2nc(-c3ccc(C(=O)Nc4cc(C(F)(F)I)ccn4)cc3)c3c(N)nccn23)C1. The molecular weight excluding hydrogens is 695 g/mol. The molecular formula is C28H28F2IN7O4S. The maximum atomic E-state index is 13.7. The second-order valence-electron chi connectivity index (χ2n) is 10.4. The normalized spacial score (nSPS) is 15.9. The third-order valence-corrected chi connectivity index (χ3v) is 8.75. The Labute approximate surface area is 260 Å². The Morgan fingerprint density at radius 2 is 1.91 bits per heavy atom. The van der Waals surface area contributed by atoms with Crippen molar-refractivity contribution in [3.8, 4) is 11.3 Å². The van der Waals surface area contributed by atoms with Gasteiger partial charge >= 0.3 is 3.93 Å². The molecule has 0 radical (unpaired) electrons. The molecule has 4 aromatic rings. The molecule has 3 N–H and O–H groups in total. The standard InChI is InChI=1S/C28H28F2IN7O4S/c1-43(41,42)14-9-22(39)37-12-2-3-19(16-37)26-36-23(24-25(32)34-11-13-38(24)26)17-4-6-18(7-5-17)27(40)35-21-15-20(8-10-33-21)28(29,30)31/h4-8,10-11,13,15,19H,2-3,9,12,14,16H2,1H3,(H2,32,34)(H,33,35,40). The summed E-state index contributed by atoms with van der Waals surface area (Å²) >= 11 is 1.01. The molecule has 1 aliphatic heterocycles. The third kappa shape index (κ3) is 7.09. The average molecular weight is 724 g/mol. The maximum absolute atomic E-state index is 13.7. The summed E-state index contributed by atoms with van der Waals surface area (Å²) in [7, 11) is -3.26. The van der Waals surface area contributed by atoms with E-state index in [1.165, 1.54) is 12.3 Å². The molecule has 0 aliphatic carbocycles. The minimum atomic E-state index is -3.26. The highest BCUT2D eigenvalue weighted by Gasteiger charge is 2.30. The highest BCUT2D eigenvalue weighted by atomic mass is 127. The predicted molar refractivity (Wildman–Crippen MR) is 166 cm³/mol. The van der Waals surface area contributed by atoms with Crippen molar-refractivity contribution in [1.82, 2.24) is 24.3 Å². The number of hydrogen-bond donors (Lipinski definition) is 2. The van der Waals surface area contributed by atoms with Crippen molar-refractivity contribution < 1.29 is 26.8 Å². The number of halogens is 3. The Morgan fingerprint density at radius 1 is 1.16 bits per heavy atom. The minimum absolute atomic E-state index is 0.00262. The van der Waals surface area contributed by atoms with Gasteiger partial charge in [0, 0.05) is 89.6 Å². The van der Waals surface area contributed by atoms with Gasteiger partial charge in [0.05, 0.1) is 5.75 Å². The zero-order valence-electron chi connectivity index (χ0n) is 23.0. The van der Waals surface area contributed by atoms with Gasteiger partial charge in [-0.3, -0.25) is 14.0 Å². The zero-order chi connectivity index (χ0) is 30.9. The van der Waals surface area contributed by atoms with E-state index in [9.17, 15) is 26.8 Å². The first kappa shape index (κ1) is 30.7. The molecule has 1 saturated heterocycles. The summed E-state index contributed by atoms with van der Waals surface area (Å²) in [6.45, 7) is 0.935. The van der Waals surface area contributed by atoms with Crippen LogP contribution >= 0.6 is 22.6 Å². The molecule has 0 spiro atoms. The third-order valence-electron chi connectivity index (χ3n) is 7.19. The lowest BCUT2D eigenvalue weighted by molar-refractivity contribution is -0.132. The first-order chi connectivity index (χ1) is 20.3. The summed E-state index contributed by atoms with van der Waals surface area (Å²) in [4.78, 5) is 40.4. The summed E-state index contributed by atoms with van der Waals surface area (Å²) in [6.07, 6.45) is 7.08. The van der Waals surface area contributed by atoms with Crippen LogP contribution in [-0.4, -0.2) is 69.6 Å².